The van der Waals surface area contributed by atoms with Gasteiger partial charge in [0, 0.05) is 0 Å². The Hall–Kier alpha value is 0.101. The van der Waals surface area contributed by atoms with Crippen molar-refractivity contribution in [1.82, 2.24) is 0 Å². The van der Waals surface area contributed by atoms with Gasteiger partial charge < -0.3 is 51.8 Å². The Morgan fingerprint density at radius 1 is 0.500 bits per heavy atom. The summed E-state index contributed by atoms with van der Waals surface area (Å²) < 4.78 is 0. The maximum atomic E-state index is 6.75. The SMILES string of the molecule is [Au+3].[Au+3].[CH3-].[CH3-].[CH3-].[CH3-].[N-]=[N+]=[N-].[N-]=[N+]=[N-]. The van der Waals surface area contributed by atoms with Crippen molar-refractivity contribution in [3.8, 4) is 0 Å². The molecular formula is C4H12Au2N6. The standard InChI is InChI=1S/4CH3.2Au.2N3/c;;;;;;2*1-3-2/h4*1H3;;;;/q4*-1;2*+3;2*-1. The van der Waals surface area contributed by atoms with Crippen molar-refractivity contribution < 1.29 is 44.8 Å². The van der Waals surface area contributed by atoms with Crippen molar-refractivity contribution in [2.45, 2.75) is 0 Å². The predicted octanol–water partition coefficient (Wildman–Crippen LogP) is 3.53. The molecule has 0 aromatic heterocycles. The summed E-state index contributed by atoms with van der Waals surface area (Å²) in [5.74, 6) is 0. The average Bonchev–Trinajstić information content (AvgIpc) is 1.39. The zero-order valence-corrected chi connectivity index (χ0v) is 11.6. The largest absolute Gasteiger partial charge is 3.00 e. The van der Waals surface area contributed by atoms with Crippen molar-refractivity contribution in [1.29, 1.82) is 0 Å². The van der Waals surface area contributed by atoms with Crippen LogP contribution in [0.1, 0.15) is 0 Å². The second-order valence-electron chi connectivity index (χ2n) is 0.179. The Kier molecular flexibility index (Phi) is 1900. The summed E-state index contributed by atoms with van der Waals surface area (Å²) in [7, 11) is 0. The van der Waals surface area contributed by atoms with Gasteiger partial charge in [-0.2, -0.15) is 0 Å². The first-order valence-electron chi connectivity index (χ1n) is 0.800. The Balaban J connectivity index is -0.00000000296. The van der Waals surface area contributed by atoms with E-state index in [1.165, 1.54) is 9.82 Å². The molecular weight excluding hydrogens is 526 g/mol. The van der Waals surface area contributed by atoms with Crippen molar-refractivity contribution in [2.75, 3.05) is 0 Å². The molecule has 0 bridgehead atoms. The van der Waals surface area contributed by atoms with Gasteiger partial charge >= 0.3 is 44.8 Å². The minimum atomic E-state index is 0. The van der Waals surface area contributed by atoms with Gasteiger partial charge in [0.25, 0.3) is 0 Å². The molecule has 80 valence electrons. The third kappa shape index (κ3) is 82800. The molecule has 0 saturated carbocycles. The first kappa shape index (κ1) is 88.7. The molecule has 0 fully saturated rings. The van der Waals surface area contributed by atoms with E-state index in [0.717, 1.165) is 0 Å². The summed E-state index contributed by atoms with van der Waals surface area (Å²) in [6, 6.07) is 0. The van der Waals surface area contributed by atoms with Crippen LogP contribution in [0.15, 0.2) is 0 Å². The molecule has 0 aliphatic rings. The van der Waals surface area contributed by atoms with Crippen LogP contribution < -0.4 is 0 Å². The van der Waals surface area contributed by atoms with E-state index in [1.54, 1.807) is 0 Å². The van der Waals surface area contributed by atoms with Gasteiger partial charge in [0.05, 0.1) is 0 Å². The summed E-state index contributed by atoms with van der Waals surface area (Å²) in [6.07, 6.45) is 0. The third-order valence-corrected chi connectivity index (χ3v) is 0. The maximum absolute atomic E-state index is 6.75. The van der Waals surface area contributed by atoms with Crippen LogP contribution in [-0.2, 0) is 44.8 Å². The molecule has 0 aliphatic carbocycles. The van der Waals surface area contributed by atoms with Gasteiger partial charge in [0.2, 0.25) is 0 Å². The fourth-order valence-electron chi connectivity index (χ4n) is 0. The van der Waals surface area contributed by atoms with Gasteiger partial charge in [-0.05, 0) is 0 Å². The van der Waals surface area contributed by atoms with E-state index in [9.17, 15) is 0 Å². The van der Waals surface area contributed by atoms with Gasteiger partial charge in [-0.3, -0.25) is 9.82 Å². The van der Waals surface area contributed by atoms with Crippen molar-refractivity contribution >= 4 is 0 Å². The summed E-state index contributed by atoms with van der Waals surface area (Å²) in [5, 5.41) is 0. The molecule has 6 nitrogen and oxygen atoms in total. The predicted molar refractivity (Wildman–Crippen MR) is 45.8 cm³/mol. The van der Waals surface area contributed by atoms with Gasteiger partial charge in [0.15, 0.2) is 0 Å². The first-order valence-corrected chi connectivity index (χ1v) is 0.800. The third-order valence-electron chi connectivity index (χ3n) is 0. The van der Waals surface area contributed by atoms with Gasteiger partial charge in [-0.15, -0.1) is 0 Å². The maximum Gasteiger partial charge on any atom is 3.00 e. The number of hydrogen-bond donors (Lipinski definition) is 0. The quantitative estimate of drug-likeness (QED) is 0.148. The van der Waals surface area contributed by atoms with E-state index in [2.05, 4.69) is 0 Å². The summed E-state index contributed by atoms with van der Waals surface area (Å²) in [6.45, 7) is 0. The van der Waals surface area contributed by atoms with E-state index in [4.69, 9.17) is 22.1 Å². The Labute approximate surface area is 106 Å². The molecule has 0 N–H and O–H groups in total. The molecule has 0 radical (unpaired) electrons. The molecule has 0 spiro atoms. The van der Waals surface area contributed by atoms with E-state index in [1.807, 2.05) is 0 Å². The molecule has 0 rings (SSSR count). The summed E-state index contributed by atoms with van der Waals surface area (Å²) in [5.41, 5.74) is 27.0. The normalized spacial score (nSPS) is 1.33. The zero-order chi connectivity index (χ0) is 5.41. The zero-order valence-electron chi connectivity index (χ0n) is 7.29. The van der Waals surface area contributed by atoms with Crippen LogP contribution in [0.2, 0.25) is 0 Å². The molecule has 0 aliphatic heterocycles. The minimum absolute atomic E-state index is 0. The van der Waals surface area contributed by atoms with Crippen molar-refractivity contribution in [3.63, 3.8) is 0 Å². The molecule has 12 heavy (non-hydrogen) atoms. The molecule has 0 heterocycles. The van der Waals surface area contributed by atoms with Crippen molar-refractivity contribution in [2.24, 2.45) is 0 Å². The van der Waals surface area contributed by atoms with Crippen LogP contribution in [0.4, 0.5) is 0 Å². The smallest absolute Gasteiger partial charge is 0.373 e. The van der Waals surface area contributed by atoms with Crippen LogP contribution >= 0.6 is 0 Å². The number of hydrogen-bond acceptors (Lipinski definition) is 0. The Bertz CT molecular complexity index is 71.5. The average molecular weight is 538 g/mol. The van der Waals surface area contributed by atoms with E-state index in [-0.39, 0.29) is 74.5 Å². The first-order chi connectivity index (χ1) is 2.83. The van der Waals surface area contributed by atoms with Crippen LogP contribution in [0.5, 0.6) is 0 Å². The minimum Gasteiger partial charge on any atom is -0.373 e. The fraction of sp³-hybridized carbons (Fsp3) is 0. The number of rotatable bonds is 0. The van der Waals surface area contributed by atoms with Crippen LogP contribution in [0.3, 0.4) is 0 Å². The van der Waals surface area contributed by atoms with Gasteiger partial charge in [-0.25, -0.2) is 0 Å². The molecule has 0 atom stereocenters. The Morgan fingerprint density at radius 3 is 0.500 bits per heavy atom. The monoisotopic (exact) mass is 538 g/mol. The van der Waals surface area contributed by atoms with E-state index >= 15 is 0 Å². The molecule has 0 saturated heterocycles. The molecule has 0 aromatic carbocycles. The topological polar surface area (TPSA) is 117 Å². The van der Waals surface area contributed by atoms with Gasteiger partial charge in [0.1, 0.15) is 0 Å². The van der Waals surface area contributed by atoms with E-state index < -0.39 is 0 Å². The Morgan fingerprint density at radius 2 is 0.500 bits per heavy atom. The van der Waals surface area contributed by atoms with Gasteiger partial charge in [-0.1, -0.05) is 0 Å². The van der Waals surface area contributed by atoms with Crippen LogP contribution in [0, 0.1) is 29.7 Å². The number of nitrogens with zero attached hydrogens (tertiary/aromatic N) is 6. The molecule has 0 unspecified atom stereocenters. The second kappa shape index (κ2) is 257. The van der Waals surface area contributed by atoms with Crippen LogP contribution in [0.25, 0.3) is 31.9 Å². The molecule has 8 heteroatoms. The fourth-order valence-corrected chi connectivity index (χ4v) is 0. The van der Waals surface area contributed by atoms with E-state index in [0.29, 0.717) is 0 Å². The molecule has 0 aromatic rings. The summed E-state index contributed by atoms with van der Waals surface area (Å²) in [4.78, 5) is 3.00. The summed E-state index contributed by atoms with van der Waals surface area (Å²) >= 11 is 0. The second-order valence-corrected chi connectivity index (χ2v) is 0.179. The van der Waals surface area contributed by atoms with Crippen molar-refractivity contribution in [3.05, 3.63) is 61.7 Å². The van der Waals surface area contributed by atoms with Crippen LogP contribution in [-0.4, -0.2) is 0 Å². The molecule has 0 amide bonds.